The van der Waals surface area contributed by atoms with Gasteiger partial charge in [-0.3, -0.25) is 0 Å². The normalized spacial score (nSPS) is 12.5. The van der Waals surface area contributed by atoms with Crippen LogP contribution in [-0.4, -0.2) is 22.4 Å². The van der Waals surface area contributed by atoms with Gasteiger partial charge in [-0.1, -0.05) is 59.6 Å². The molecule has 0 spiro atoms. The largest absolute Gasteiger partial charge is 0.467 e. The molecule has 1 aromatic carbocycles. The van der Waals surface area contributed by atoms with E-state index in [0.717, 1.165) is 11.3 Å². The van der Waals surface area contributed by atoms with Crippen molar-refractivity contribution in [2.45, 2.75) is 17.3 Å². The predicted molar refractivity (Wildman–Crippen MR) is 88.2 cm³/mol. The van der Waals surface area contributed by atoms with Crippen LogP contribution in [0.25, 0.3) is 0 Å². The number of esters is 1. The third-order valence-electron chi connectivity index (χ3n) is 3.13. The van der Waals surface area contributed by atoms with Crippen LogP contribution in [0.5, 0.6) is 0 Å². The first kappa shape index (κ1) is 16.6. The van der Waals surface area contributed by atoms with Crippen LogP contribution in [0, 0.1) is 6.92 Å². The minimum atomic E-state index is -1.79. The number of aromatic nitrogens is 1. The molecule has 0 fully saturated rings. The van der Waals surface area contributed by atoms with E-state index in [2.05, 4.69) is 10.3 Å². The Morgan fingerprint density at radius 3 is 2.45 bits per heavy atom. The number of carbonyl (C=O) groups is 1. The number of halogens is 2. The van der Waals surface area contributed by atoms with Gasteiger partial charge in [0.15, 0.2) is 0 Å². The maximum atomic E-state index is 12.0. The summed E-state index contributed by atoms with van der Waals surface area (Å²) in [6.45, 7) is 1.87. The highest BCUT2D eigenvalue weighted by molar-refractivity contribution is 6.58. The second kappa shape index (κ2) is 6.99. The summed E-state index contributed by atoms with van der Waals surface area (Å²) in [7, 11) is 1.24. The van der Waals surface area contributed by atoms with Crippen molar-refractivity contribution in [1.29, 1.82) is 0 Å². The number of hydrogen-bond acceptors (Lipinski definition) is 4. The molecule has 1 aromatic heterocycles. The van der Waals surface area contributed by atoms with E-state index in [1.54, 1.807) is 6.07 Å². The lowest BCUT2D eigenvalue weighted by Crippen LogP contribution is -2.38. The highest BCUT2D eigenvalue weighted by Crippen LogP contribution is 2.39. The van der Waals surface area contributed by atoms with Crippen LogP contribution in [-0.2, 0) is 9.53 Å². The van der Waals surface area contributed by atoms with Crippen molar-refractivity contribution in [2.24, 2.45) is 0 Å². The SMILES string of the molecule is COC(=O)C(Cl)(Cl)C(Nc1cccc(C)n1)c1ccccc1. The van der Waals surface area contributed by atoms with Crippen LogP contribution < -0.4 is 5.32 Å². The zero-order valence-corrected chi connectivity index (χ0v) is 13.7. The van der Waals surface area contributed by atoms with E-state index < -0.39 is 16.3 Å². The first-order valence-electron chi connectivity index (χ1n) is 6.66. The van der Waals surface area contributed by atoms with Gasteiger partial charge in [0.2, 0.25) is 4.33 Å². The summed E-state index contributed by atoms with van der Waals surface area (Å²) >= 11 is 12.6. The molecule has 1 unspecified atom stereocenters. The number of nitrogens with zero attached hydrogens (tertiary/aromatic N) is 1. The molecule has 0 aliphatic heterocycles. The van der Waals surface area contributed by atoms with Crippen LogP contribution in [0.1, 0.15) is 17.3 Å². The van der Waals surface area contributed by atoms with Gasteiger partial charge < -0.3 is 10.1 Å². The smallest absolute Gasteiger partial charge is 0.344 e. The molecule has 0 saturated carbocycles. The van der Waals surface area contributed by atoms with Gasteiger partial charge in [0.1, 0.15) is 5.82 Å². The number of hydrogen-bond donors (Lipinski definition) is 1. The number of carbonyl (C=O) groups excluding carboxylic acids is 1. The number of rotatable bonds is 5. The fraction of sp³-hybridized carbons (Fsp3) is 0.250. The van der Waals surface area contributed by atoms with Gasteiger partial charge in [-0.25, -0.2) is 9.78 Å². The van der Waals surface area contributed by atoms with Gasteiger partial charge in [-0.05, 0) is 24.6 Å². The summed E-state index contributed by atoms with van der Waals surface area (Å²) in [6.07, 6.45) is 0. The molecule has 2 rings (SSSR count). The van der Waals surface area contributed by atoms with Crippen molar-refractivity contribution in [1.82, 2.24) is 4.98 Å². The number of anilines is 1. The molecule has 0 bridgehead atoms. The Labute approximate surface area is 139 Å². The van der Waals surface area contributed by atoms with E-state index in [9.17, 15) is 4.79 Å². The maximum absolute atomic E-state index is 12.0. The van der Waals surface area contributed by atoms with E-state index in [0.29, 0.717) is 5.82 Å². The Hall–Kier alpha value is -1.78. The molecule has 0 saturated heterocycles. The number of methoxy groups -OCH3 is 1. The number of alkyl halides is 2. The van der Waals surface area contributed by atoms with Gasteiger partial charge in [-0.2, -0.15) is 0 Å². The van der Waals surface area contributed by atoms with E-state index in [1.165, 1.54) is 7.11 Å². The van der Waals surface area contributed by atoms with Gasteiger partial charge in [0, 0.05) is 5.69 Å². The molecule has 1 N–H and O–H groups in total. The maximum Gasteiger partial charge on any atom is 0.344 e. The van der Waals surface area contributed by atoms with Crippen molar-refractivity contribution in [3.8, 4) is 0 Å². The highest BCUT2D eigenvalue weighted by atomic mass is 35.5. The lowest BCUT2D eigenvalue weighted by Gasteiger charge is -2.29. The average Bonchev–Trinajstić information content (AvgIpc) is 2.52. The molecule has 0 aliphatic rings. The first-order chi connectivity index (χ1) is 10.4. The molecule has 1 atom stereocenters. The Bertz CT molecular complexity index is 648. The fourth-order valence-corrected chi connectivity index (χ4v) is 2.57. The van der Waals surface area contributed by atoms with Crippen LogP contribution in [0.3, 0.4) is 0 Å². The Balaban J connectivity index is 2.40. The Morgan fingerprint density at radius 2 is 1.86 bits per heavy atom. The second-order valence-electron chi connectivity index (χ2n) is 4.77. The van der Waals surface area contributed by atoms with Crippen LogP contribution in [0.2, 0.25) is 0 Å². The third-order valence-corrected chi connectivity index (χ3v) is 3.88. The molecule has 1 heterocycles. The monoisotopic (exact) mass is 338 g/mol. The number of nitrogens with one attached hydrogen (secondary N) is 1. The van der Waals surface area contributed by atoms with Gasteiger partial charge >= 0.3 is 5.97 Å². The van der Waals surface area contributed by atoms with E-state index >= 15 is 0 Å². The van der Waals surface area contributed by atoms with Crippen molar-refractivity contribution in [3.05, 3.63) is 59.8 Å². The van der Waals surface area contributed by atoms with Crippen LogP contribution in [0.4, 0.5) is 5.82 Å². The second-order valence-corrected chi connectivity index (χ2v) is 6.15. The summed E-state index contributed by atoms with van der Waals surface area (Å²) in [5.74, 6) is -0.159. The quantitative estimate of drug-likeness (QED) is 0.663. The van der Waals surface area contributed by atoms with Crippen LogP contribution in [0.15, 0.2) is 48.5 Å². The lowest BCUT2D eigenvalue weighted by molar-refractivity contribution is -0.141. The molecule has 4 nitrogen and oxygen atoms in total. The Morgan fingerprint density at radius 1 is 1.18 bits per heavy atom. The summed E-state index contributed by atoms with van der Waals surface area (Å²) in [5, 5.41) is 3.12. The minimum Gasteiger partial charge on any atom is -0.467 e. The number of benzene rings is 1. The fourth-order valence-electron chi connectivity index (χ4n) is 2.05. The lowest BCUT2D eigenvalue weighted by atomic mass is 10.0. The molecular weight excluding hydrogens is 323 g/mol. The van der Waals surface area contributed by atoms with Crippen molar-refractivity contribution in [2.75, 3.05) is 12.4 Å². The molecule has 6 heteroatoms. The van der Waals surface area contributed by atoms with Gasteiger partial charge in [0.25, 0.3) is 0 Å². The average molecular weight is 339 g/mol. The molecular formula is C16H16Cl2N2O2. The zero-order valence-electron chi connectivity index (χ0n) is 12.2. The molecule has 0 amide bonds. The summed E-state index contributed by atoms with van der Waals surface area (Å²) in [5.41, 5.74) is 1.59. The molecule has 0 aliphatic carbocycles. The number of ether oxygens (including phenoxy) is 1. The first-order valence-corrected chi connectivity index (χ1v) is 7.42. The van der Waals surface area contributed by atoms with Crippen molar-refractivity contribution >= 4 is 35.0 Å². The number of aryl methyl sites for hydroxylation is 1. The summed E-state index contributed by atoms with van der Waals surface area (Å²) in [6, 6.07) is 14.0. The Kier molecular flexibility index (Phi) is 5.27. The summed E-state index contributed by atoms with van der Waals surface area (Å²) in [4.78, 5) is 16.3. The molecule has 116 valence electrons. The molecule has 0 radical (unpaired) electrons. The van der Waals surface area contributed by atoms with Crippen molar-refractivity contribution in [3.63, 3.8) is 0 Å². The van der Waals surface area contributed by atoms with Gasteiger partial charge in [0.05, 0.1) is 13.2 Å². The minimum absolute atomic E-state index is 0.573. The summed E-state index contributed by atoms with van der Waals surface area (Å²) < 4.78 is 2.93. The van der Waals surface area contributed by atoms with E-state index in [4.69, 9.17) is 27.9 Å². The topological polar surface area (TPSA) is 51.2 Å². The zero-order chi connectivity index (χ0) is 16.2. The highest BCUT2D eigenvalue weighted by Gasteiger charge is 2.45. The van der Waals surface area contributed by atoms with E-state index in [1.807, 2.05) is 49.4 Å². The molecule has 22 heavy (non-hydrogen) atoms. The number of pyridine rings is 1. The van der Waals surface area contributed by atoms with Gasteiger partial charge in [-0.15, -0.1) is 0 Å². The standard InChI is InChI=1S/C16H16Cl2N2O2/c1-11-7-6-10-13(19-11)20-14(12-8-4-3-5-9-12)16(17,18)15(21)22-2/h3-10,14H,1-2H3,(H,19,20). The molecule has 2 aromatic rings. The van der Waals surface area contributed by atoms with Crippen LogP contribution >= 0.6 is 23.2 Å². The predicted octanol–water partition coefficient (Wildman–Crippen LogP) is 3.89. The third kappa shape index (κ3) is 3.70. The van der Waals surface area contributed by atoms with Crippen molar-refractivity contribution < 1.29 is 9.53 Å². The van der Waals surface area contributed by atoms with E-state index in [-0.39, 0.29) is 0 Å².